The van der Waals surface area contributed by atoms with Gasteiger partial charge < -0.3 is 26.4 Å². The van der Waals surface area contributed by atoms with E-state index >= 15 is 0 Å². The molecular weight excluding hydrogens is 413 g/mol. The molecule has 1 aliphatic heterocycles. The fraction of sp³-hybridized carbons (Fsp3) is 0.318. The maximum atomic E-state index is 13.2. The van der Waals surface area contributed by atoms with Crippen molar-refractivity contribution in [2.75, 3.05) is 37.0 Å². The Morgan fingerprint density at radius 3 is 2.50 bits per heavy atom. The van der Waals surface area contributed by atoms with Crippen LogP contribution in [0, 0.1) is 5.82 Å². The molecule has 0 bridgehead atoms. The van der Waals surface area contributed by atoms with Gasteiger partial charge in [0, 0.05) is 37.6 Å². The van der Waals surface area contributed by atoms with Crippen molar-refractivity contribution in [3.05, 3.63) is 60.2 Å². The topological polar surface area (TPSA) is 124 Å². The molecule has 1 amide bonds. The first-order valence-electron chi connectivity index (χ1n) is 10.3. The Kier molecular flexibility index (Phi) is 5.95. The number of nitrogens with zero attached hydrogens (tertiary/aromatic N) is 4. The molecule has 32 heavy (non-hydrogen) atoms. The van der Waals surface area contributed by atoms with E-state index < -0.39 is 11.4 Å². The zero-order valence-electron chi connectivity index (χ0n) is 17.8. The number of benzene rings is 1. The highest BCUT2D eigenvalue weighted by atomic mass is 19.1. The number of halogens is 1. The van der Waals surface area contributed by atoms with Crippen LogP contribution in [0.3, 0.4) is 0 Å². The lowest BCUT2D eigenvalue weighted by Gasteiger charge is -2.42. The zero-order chi connectivity index (χ0) is 22.7. The largest absolute Gasteiger partial charge is 0.481 e. The highest BCUT2D eigenvalue weighted by molar-refractivity contribution is 5.98. The summed E-state index contributed by atoms with van der Waals surface area (Å²) >= 11 is 0. The van der Waals surface area contributed by atoms with Crippen LogP contribution in [0.25, 0.3) is 0 Å². The Morgan fingerprint density at radius 2 is 1.94 bits per heavy atom. The third kappa shape index (κ3) is 4.22. The molecule has 0 radical (unpaired) electrons. The fourth-order valence-corrected chi connectivity index (χ4v) is 3.95. The Bertz CT molecular complexity index is 1070. The number of methoxy groups -OCH3 is 1. The van der Waals surface area contributed by atoms with Crippen molar-refractivity contribution in [2.45, 2.75) is 18.4 Å². The van der Waals surface area contributed by atoms with Crippen molar-refractivity contribution in [3.63, 3.8) is 0 Å². The van der Waals surface area contributed by atoms with E-state index in [-0.39, 0.29) is 11.4 Å². The number of piperidine rings is 1. The SMILES string of the molecule is COc1ccc(N2CCC(CN)(n3cc(C(N)=O)c(Nc4ccc(F)cc4)n3)CC2)cn1. The molecule has 0 saturated carbocycles. The fourth-order valence-electron chi connectivity index (χ4n) is 3.95. The molecule has 2 aromatic heterocycles. The maximum Gasteiger partial charge on any atom is 0.254 e. The summed E-state index contributed by atoms with van der Waals surface area (Å²) in [5.74, 6) is -0.0654. The number of aromatic nitrogens is 3. The van der Waals surface area contributed by atoms with Gasteiger partial charge in [-0.2, -0.15) is 5.10 Å². The molecule has 3 heterocycles. The molecule has 5 N–H and O–H groups in total. The lowest BCUT2D eigenvalue weighted by Crippen LogP contribution is -2.50. The molecule has 10 heteroatoms. The van der Waals surface area contributed by atoms with E-state index in [0.29, 0.717) is 23.9 Å². The van der Waals surface area contributed by atoms with Gasteiger partial charge in [-0.1, -0.05) is 0 Å². The van der Waals surface area contributed by atoms with Gasteiger partial charge in [0.05, 0.1) is 24.5 Å². The number of rotatable bonds is 7. The highest BCUT2D eigenvalue weighted by Crippen LogP contribution is 2.33. The summed E-state index contributed by atoms with van der Waals surface area (Å²) in [5, 5.41) is 7.68. The van der Waals surface area contributed by atoms with E-state index in [4.69, 9.17) is 16.2 Å². The Balaban J connectivity index is 1.55. The molecule has 1 fully saturated rings. The predicted molar refractivity (Wildman–Crippen MR) is 120 cm³/mol. The Morgan fingerprint density at radius 1 is 1.22 bits per heavy atom. The monoisotopic (exact) mass is 439 g/mol. The second kappa shape index (κ2) is 8.83. The van der Waals surface area contributed by atoms with Crippen molar-refractivity contribution in [1.82, 2.24) is 14.8 Å². The second-order valence-corrected chi connectivity index (χ2v) is 7.81. The number of pyridine rings is 1. The van der Waals surface area contributed by atoms with Gasteiger partial charge in [0.15, 0.2) is 5.82 Å². The molecule has 4 rings (SSSR count). The van der Waals surface area contributed by atoms with Crippen molar-refractivity contribution in [3.8, 4) is 5.88 Å². The minimum atomic E-state index is -0.602. The van der Waals surface area contributed by atoms with Gasteiger partial charge in [0.2, 0.25) is 5.88 Å². The van der Waals surface area contributed by atoms with Gasteiger partial charge in [0.1, 0.15) is 11.4 Å². The van der Waals surface area contributed by atoms with E-state index in [0.717, 1.165) is 31.6 Å². The van der Waals surface area contributed by atoms with E-state index in [1.807, 2.05) is 12.1 Å². The maximum absolute atomic E-state index is 13.2. The summed E-state index contributed by atoms with van der Waals surface area (Å²) in [6.07, 6.45) is 4.89. The van der Waals surface area contributed by atoms with Crippen LogP contribution >= 0.6 is 0 Å². The number of carbonyl (C=O) groups is 1. The molecule has 0 atom stereocenters. The molecule has 0 aliphatic carbocycles. The molecule has 168 valence electrons. The van der Waals surface area contributed by atoms with Crippen LogP contribution in [0.5, 0.6) is 5.88 Å². The van der Waals surface area contributed by atoms with Gasteiger partial charge in [-0.25, -0.2) is 9.37 Å². The number of anilines is 3. The minimum Gasteiger partial charge on any atom is -0.481 e. The molecule has 1 saturated heterocycles. The first-order chi connectivity index (χ1) is 15.4. The highest BCUT2D eigenvalue weighted by Gasteiger charge is 2.37. The molecule has 1 aliphatic rings. The van der Waals surface area contributed by atoms with Gasteiger partial charge in [-0.15, -0.1) is 0 Å². The Labute approximate surface area is 185 Å². The number of primary amides is 1. The van der Waals surface area contributed by atoms with E-state index in [9.17, 15) is 9.18 Å². The van der Waals surface area contributed by atoms with Crippen LogP contribution < -0.4 is 26.4 Å². The van der Waals surface area contributed by atoms with E-state index in [1.165, 1.54) is 12.1 Å². The standard InChI is InChI=1S/C22H26FN7O2/c1-32-19-7-6-17(12-26-19)29-10-8-22(14-24,9-11-29)30-13-18(20(25)31)21(28-30)27-16-4-2-15(23)3-5-16/h2-7,12-13H,8-11,14,24H2,1H3,(H2,25,31)(H,27,28). The predicted octanol–water partition coefficient (Wildman–Crippen LogP) is 2.22. The first kappa shape index (κ1) is 21.6. The number of carbonyl (C=O) groups excluding carboxylic acids is 1. The van der Waals surface area contributed by atoms with Gasteiger partial charge >= 0.3 is 0 Å². The van der Waals surface area contributed by atoms with E-state index in [1.54, 1.807) is 36.3 Å². The van der Waals surface area contributed by atoms with Crippen LogP contribution in [0.1, 0.15) is 23.2 Å². The number of amides is 1. The van der Waals surface area contributed by atoms with Gasteiger partial charge in [-0.05, 0) is 43.2 Å². The van der Waals surface area contributed by atoms with E-state index in [2.05, 4.69) is 20.3 Å². The van der Waals surface area contributed by atoms with Crippen LogP contribution in [-0.4, -0.2) is 47.4 Å². The summed E-state index contributed by atoms with van der Waals surface area (Å²) < 4.78 is 20.1. The summed E-state index contributed by atoms with van der Waals surface area (Å²) in [6.45, 7) is 1.85. The smallest absolute Gasteiger partial charge is 0.254 e. The molecule has 3 aromatic rings. The lowest BCUT2D eigenvalue weighted by atomic mass is 9.87. The van der Waals surface area contributed by atoms with Crippen LogP contribution in [0.2, 0.25) is 0 Å². The van der Waals surface area contributed by atoms with Crippen molar-refractivity contribution >= 4 is 23.1 Å². The molecular formula is C22H26FN7O2. The number of nitrogens with one attached hydrogen (secondary N) is 1. The molecule has 1 aromatic carbocycles. The summed E-state index contributed by atoms with van der Waals surface area (Å²) in [4.78, 5) is 18.6. The number of hydrogen-bond acceptors (Lipinski definition) is 7. The third-order valence-electron chi connectivity index (χ3n) is 5.94. The van der Waals surface area contributed by atoms with Gasteiger partial charge in [0.25, 0.3) is 5.91 Å². The molecule has 9 nitrogen and oxygen atoms in total. The first-order valence-corrected chi connectivity index (χ1v) is 10.3. The van der Waals surface area contributed by atoms with Crippen LogP contribution in [0.4, 0.5) is 21.6 Å². The summed E-state index contributed by atoms with van der Waals surface area (Å²) in [6, 6.07) is 9.60. The normalized spacial score (nSPS) is 15.4. The molecule has 0 spiro atoms. The third-order valence-corrected chi connectivity index (χ3v) is 5.94. The van der Waals surface area contributed by atoms with Crippen molar-refractivity contribution < 1.29 is 13.9 Å². The number of hydrogen-bond donors (Lipinski definition) is 3. The quantitative estimate of drug-likeness (QED) is 0.516. The Hall–Kier alpha value is -3.66. The average molecular weight is 439 g/mol. The number of ether oxygens (including phenoxy) is 1. The zero-order valence-corrected chi connectivity index (χ0v) is 17.8. The minimum absolute atomic E-state index is 0.254. The second-order valence-electron chi connectivity index (χ2n) is 7.81. The molecule has 0 unspecified atom stereocenters. The van der Waals surface area contributed by atoms with Crippen molar-refractivity contribution in [2.24, 2.45) is 11.5 Å². The van der Waals surface area contributed by atoms with Crippen LogP contribution in [-0.2, 0) is 5.54 Å². The lowest BCUT2D eigenvalue weighted by molar-refractivity contribution is 0.100. The van der Waals surface area contributed by atoms with Crippen molar-refractivity contribution in [1.29, 1.82) is 0 Å². The van der Waals surface area contributed by atoms with Gasteiger partial charge in [-0.3, -0.25) is 9.48 Å². The summed E-state index contributed by atoms with van der Waals surface area (Å²) in [7, 11) is 1.59. The number of nitrogens with two attached hydrogens (primary N) is 2. The average Bonchev–Trinajstić information content (AvgIpc) is 3.25. The summed E-state index contributed by atoms with van der Waals surface area (Å²) in [5.41, 5.74) is 13.2. The van der Waals surface area contributed by atoms with Crippen LogP contribution in [0.15, 0.2) is 48.8 Å².